The van der Waals surface area contributed by atoms with Crippen LogP contribution in [-0.2, 0) is 10.0 Å². The smallest absolute Gasteiger partial charge is 0.213 e. The standard InChI is InChI=1S/C12H21N3O2S/c1-3-7-13-9-10-18(16,17)15-11(2)12-6-4-5-8-14-12/h4-6,8,11,13,15H,3,7,9-10H2,1-2H3. The van der Waals surface area contributed by atoms with Gasteiger partial charge in [0.2, 0.25) is 10.0 Å². The normalized spacial score (nSPS) is 13.4. The fraction of sp³-hybridized carbons (Fsp3) is 0.583. The van der Waals surface area contributed by atoms with Gasteiger partial charge in [0.15, 0.2) is 0 Å². The van der Waals surface area contributed by atoms with Crippen LogP contribution < -0.4 is 10.0 Å². The number of aromatic nitrogens is 1. The van der Waals surface area contributed by atoms with E-state index in [2.05, 4.69) is 15.0 Å². The molecule has 0 bridgehead atoms. The zero-order valence-corrected chi connectivity index (χ0v) is 11.7. The molecule has 5 nitrogen and oxygen atoms in total. The van der Waals surface area contributed by atoms with Crippen LogP contribution in [0.3, 0.4) is 0 Å². The number of hydrogen-bond donors (Lipinski definition) is 2. The zero-order valence-electron chi connectivity index (χ0n) is 10.9. The van der Waals surface area contributed by atoms with Crippen molar-refractivity contribution in [3.05, 3.63) is 30.1 Å². The van der Waals surface area contributed by atoms with Crippen molar-refractivity contribution in [2.45, 2.75) is 26.3 Å². The Bertz CT molecular complexity index is 434. The van der Waals surface area contributed by atoms with E-state index >= 15 is 0 Å². The van der Waals surface area contributed by atoms with Crippen LogP contribution in [0.4, 0.5) is 0 Å². The van der Waals surface area contributed by atoms with Crippen LogP contribution in [0.15, 0.2) is 24.4 Å². The summed E-state index contributed by atoms with van der Waals surface area (Å²) in [4.78, 5) is 4.13. The lowest BCUT2D eigenvalue weighted by Crippen LogP contribution is -2.34. The summed E-state index contributed by atoms with van der Waals surface area (Å²) in [6, 6.07) is 5.15. The first kappa shape index (κ1) is 15.1. The maximum Gasteiger partial charge on any atom is 0.213 e. The van der Waals surface area contributed by atoms with Gasteiger partial charge in [0.25, 0.3) is 0 Å². The third kappa shape index (κ3) is 5.57. The molecule has 0 spiro atoms. The summed E-state index contributed by atoms with van der Waals surface area (Å²) in [5.41, 5.74) is 0.725. The molecule has 102 valence electrons. The van der Waals surface area contributed by atoms with E-state index in [0.717, 1.165) is 18.7 Å². The van der Waals surface area contributed by atoms with Gasteiger partial charge in [0.1, 0.15) is 0 Å². The predicted molar refractivity (Wildman–Crippen MR) is 72.7 cm³/mol. The highest BCUT2D eigenvalue weighted by atomic mass is 32.2. The average Bonchev–Trinajstić information content (AvgIpc) is 2.35. The Kier molecular flexibility index (Phi) is 6.24. The van der Waals surface area contributed by atoms with Gasteiger partial charge in [-0.3, -0.25) is 4.98 Å². The van der Waals surface area contributed by atoms with Gasteiger partial charge in [-0.1, -0.05) is 13.0 Å². The number of hydrogen-bond acceptors (Lipinski definition) is 4. The second kappa shape index (κ2) is 7.45. The third-order valence-corrected chi connectivity index (χ3v) is 3.92. The molecule has 1 unspecified atom stereocenters. The molecule has 0 saturated heterocycles. The minimum atomic E-state index is -3.26. The van der Waals surface area contributed by atoms with Gasteiger partial charge in [-0.2, -0.15) is 0 Å². The van der Waals surface area contributed by atoms with E-state index in [1.54, 1.807) is 19.2 Å². The molecule has 1 atom stereocenters. The van der Waals surface area contributed by atoms with Crippen LogP contribution >= 0.6 is 0 Å². The van der Waals surface area contributed by atoms with Crippen molar-refractivity contribution in [3.8, 4) is 0 Å². The molecule has 0 radical (unpaired) electrons. The molecule has 0 aliphatic rings. The highest BCUT2D eigenvalue weighted by molar-refractivity contribution is 7.89. The summed E-state index contributed by atoms with van der Waals surface area (Å²) in [7, 11) is -3.26. The van der Waals surface area contributed by atoms with Crippen LogP contribution in [0, 0.1) is 0 Å². The van der Waals surface area contributed by atoms with Crippen LogP contribution in [0.25, 0.3) is 0 Å². The topological polar surface area (TPSA) is 71.1 Å². The molecule has 0 aromatic carbocycles. The lowest BCUT2D eigenvalue weighted by atomic mass is 10.2. The van der Waals surface area contributed by atoms with Crippen molar-refractivity contribution in [2.75, 3.05) is 18.8 Å². The van der Waals surface area contributed by atoms with E-state index < -0.39 is 10.0 Å². The van der Waals surface area contributed by atoms with Gasteiger partial charge in [-0.15, -0.1) is 0 Å². The van der Waals surface area contributed by atoms with Crippen molar-refractivity contribution in [2.24, 2.45) is 0 Å². The lowest BCUT2D eigenvalue weighted by molar-refractivity contribution is 0.559. The highest BCUT2D eigenvalue weighted by Gasteiger charge is 2.15. The quantitative estimate of drug-likeness (QED) is 0.694. The molecule has 0 aliphatic heterocycles. The van der Waals surface area contributed by atoms with Crippen molar-refractivity contribution in [1.29, 1.82) is 0 Å². The van der Waals surface area contributed by atoms with Gasteiger partial charge in [0, 0.05) is 12.7 Å². The summed E-state index contributed by atoms with van der Waals surface area (Å²) in [5, 5.41) is 3.07. The summed E-state index contributed by atoms with van der Waals surface area (Å²) in [6.07, 6.45) is 2.65. The number of pyridine rings is 1. The molecule has 0 aliphatic carbocycles. The minimum Gasteiger partial charge on any atom is -0.316 e. The molecule has 1 aromatic rings. The Morgan fingerprint density at radius 1 is 1.33 bits per heavy atom. The van der Waals surface area contributed by atoms with Crippen LogP contribution in [0.2, 0.25) is 0 Å². The molecule has 6 heteroatoms. The van der Waals surface area contributed by atoms with Gasteiger partial charge in [-0.25, -0.2) is 13.1 Å². The molecule has 18 heavy (non-hydrogen) atoms. The van der Waals surface area contributed by atoms with E-state index in [9.17, 15) is 8.42 Å². The number of nitrogens with one attached hydrogen (secondary N) is 2. The molecule has 2 N–H and O–H groups in total. The highest BCUT2D eigenvalue weighted by Crippen LogP contribution is 2.09. The van der Waals surface area contributed by atoms with Crippen LogP contribution in [-0.4, -0.2) is 32.2 Å². The molecule has 1 aromatic heterocycles. The van der Waals surface area contributed by atoms with Gasteiger partial charge < -0.3 is 5.32 Å². The summed E-state index contributed by atoms with van der Waals surface area (Å²) in [5.74, 6) is 0.0875. The number of sulfonamides is 1. The maximum absolute atomic E-state index is 11.8. The van der Waals surface area contributed by atoms with Gasteiger partial charge in [-0.05, 0) is 32.0 Å². The molecular weight excluding hydrogens is 250 g/mol. The van der Waals surface area contributed by atoms with Gasteiger partial charge >= 0.3 is 0 Å². The fourth-order valence-electron chi connectivity index (χ4n) is 1.53. The largest absolute Gasteiger partial charge is 0.316 e. The Hall–Kier alpha value is -0.980. The second-order valence-corrected chi connectivity index (χ2v) is 6.04. The summed E-state index contributed by atoms with van der Waals surface area (Å²) >= 11 is 0. The molecule has 1 heterocycles. The SMILES string of the molecule is CCCNCCS(=O)(=O)NC(C)c1ccccn1. The Balaban J connectivity index is 2.45. The van der Waals surface area contributed by atoms with Gasteiger partial charge in [0.05, 0.1) is 17.5 Å². The van der Waals surface area contributed by atoms with Crippen LogP contribution in [0.1, 0.15) is 32.0 Å². The van der Waals surface area contributed by atoms with Crippen molar-refractivity contribution in [3.63, 3.8) is 0 Å². The summed E-state index contributed by atoms with van der Waals surface area (Å²) < 4.78 is 26.2. The lowest BCUT2D eigenvalue weighted by Gasteiger charge is -2.13. The molecular formula is C12H21N3O2S. The van der Waals surface area contributed by atoms with E-state index in [1.807, 2.05) is 19.1 Å². The Labute approximate surface area is 109 Å². The average molecular weight is 271 g/mol. The maximum atomic E-state index is 11.8. The Morgan fingerprint density at radius 2 is 2.11 bits per heavy atom. The van der Waals surface area contributed by atoms with E-state index in [1.165, 1.54) is 0 Å². The Morgan fingerprint density at radius 3 is 2.72 bits per heavy atom. The molecule has 0 saturated carbocycles. The molecule has 1 rings (SSSR count). The zero-order chi connectivity index (χ0) is 13.4. The number of rotatable bonds is 8. The van der Waals surface area contributed by atoms with E-state index in [4.69, 9.17) is 0 Å². The first-order valence-electron chi connectivity index (χ1n) is 6.17. The van der Waals surface area contributed by atoms with E-state index in [0.29, 0.717) is 6.54 Å². The van der Waals surface area contributed by atoms with Crippen LogP contribution in [0.5, 0.6) is 0 Å². The second-order valence-electron chi connectivity index (χ2n) is 4.16. The first-order chi connectivity index (χ1) is 8.55. The van der Waals surface area contributed by atoms with E-state index in [-0.39, 0.29) is 11.8 Å². The van der Waals surface area contributed by atoms with Crippen molar-refractivity contribution in [1.82, 2.24) is 15.0 Å². The molecule has 0 amide bonds. The predicted octanol–water partition coefficient (Wildman–Crippen LogP) is 1.06. The fourth-order valence-corrected chi connectivity index (χ4v) is 2.72. The molecule has 0 fully saturated rings. The first-order valence-corrected chi connectivity index (χ1v) is 7.82. The monoisotopic (exact) mass is 271 g/mol. The third-order valence-electron chi connectivity index (χ3n) is 2.46. The number of nitrogens with zero attached hydrogens (tertiary/aromatic N) is 1. The minimum absolute atomic E-state index is 0.0875. The van der Waals surface area contributed by atoms with Crippen molar-refractivity contribution < 1.29 is 8.42 Å². The summed E-state index contributed by atoms with van der Waals surface area (Å²) in [6.45, 7) is 5.14. The van der Waals surface area contributed by atoms with Crippen molar-refractivity contribution >= 4 is 10.0 Å².